The Morgan fingerprint density at radius 3 is 2.60 bits per heavy atom. The second-order valence-corrected chi connectivity index (χ2v) is 12.7. The molecule has 0 saturated heterocycles. The summed E-state index contributed by atoms with van der Waals surface area (Å²) in [5, 5.41) is 4.31. The summed E-state index contributed by atoms with van der Waals surface area (Å²) in [6.07, 6.45) is 0.0734. The molecular formula is C32H29F4N3O5S. The molecule has 2 N–H and O–H groups in total. The Hall–Kier alpha value is -4.65. The van der Waals surface area contributed by atoms with Gasteiger partial charge >= 0.3 is 0 Å². The summed E-state index contributed by atoms with van der Waals surface area (Å²) < 4.78 is 89.7. The zero-order valence-corrected chi connectivity index (χ0v) is 24.9. The average molecular weight is 644 g/mol. The summed E-state index contributed by atoms with van der Waals surface area (Å²) in [5.74, 6) is -1.36. The molecule has 4 aromatic rings. The van der Waals surface area contributed by atoms with Crippen LogP contribution in [-0.2, 0) is 22.0 Å². The van der Waals surface area contributed by atoms with Gasteiger partial charge in [0.05, 0.1) is 35.6 Å². The number of para-hydroxylation sites is 1. The summed E-state index contributed by atoms with van der Waals surface area (Å²) in [6, 6.07) is 13.9. The predicted octanol–water partition coefficient (Wildman–Crippen LogP) is 6.44. The number of fused-ring (bicyclic) bond motifs is 1. The van der Waals surface area contributed by atoms with Crippen LogP contribution in [0.3, 0.4) is 0 Å². The SMILES string of the molecule is Cc1cc(Oc2ccccc2F)ccc1-n1ncc(C(=O)C2=Cc3cc(OCC(F)F)c(CS(=O)(=O)CCCF)cc3C2)c1N. The standard InChI is InChI=1S/C32H29F4N3O5S/c1-19-11-24(44-28-6-3-2-5-26(28)34)7-8-27(19)39-32(37)25(16-38-39)31(40)22-12-20-14-23(18-45(41,42)10-4-9-33)29(15-21(20)13-22)43-17-30(35)36/h2-3,5-8,11,13-16,30H,4,9-10,12,17-18,37H2,1H3. The molecule has 0 saturated carbocycles. The third-order valence-corrected chi connectivity index (χ3v) is 8.83. The number of hydrogen-bond acceptors (Lipinski definition) is 7. The molecule has 236 valence electrons. The number of aryl methyl sites for hydroxylation is 1. The number of sulfone groups is 1. The Morgan fingerprint density at radius 1 is 1.11 bits per heavy atom. The van der Waals surface area contributed by atoms with Gasteiger partial charge in [0, 0.05) is 17.6 Å². The molecule has 45 heavy (non-hydrogen) atoms. The molecular weight excluding hydrogens is 614 g/mol. The third kappa shape index (κ3) is 7.19. The van der Waals surface area contributed by atoms with Crippen molar-refractivity contribution in [2.45, 2.75) is 31.9 Å². The number of rotatable bonds is 13. The highest BCUT2D eigenvalue weighted by Crippen LogP contribution is 2.35. The van der Waals surface area contributed by atoms with E-state index in [1.54, 1.807) is 43.3 Å². The lowest BCUT2D eigenvalue weighted by Gasteiger charge is -2.14. The Kier molecular flexibility index (Phi) is 9.28. The Balaban J connectivity index is 1.38. The molecule has 0 atom stereocenters. The number of halogens is 4. The van der Waals surface area contributed by atoms with Gasteiger partial charge in [-0.25, -0.2) is 26.3 Å². The summed E-state index contributed by atoms with van der Waals surface area (Å²) in [4.78, 5) is 13.6. The van der Waals surface area contributed by atoms with Gasteiger partial charge in [0.25, 0.3) is 6.43 Å². The van der Waals surface area contributed by atoms with Gasteiger partial charge in [-0.05, 0) is 72.5 Å². The fraction of sp³-hybridized carbons (Fsp3) is 0.250. The summed E-state index contributed by atoms with van der Waals surface area (Å²) >= 11 is 0. The van der Waals surface area contributed by atoms with Crippen molar-refractivity contribution in [2.75, 3.05) is 24.8 Å². The van der Waals surface area contributed by atoms with E-state index in [0.717, 1.165) is 0 Å². The minimum absolute atomic E-state index is 0.0481. The molecule has 5 rings (SSSR count). The minimum Gasteiger partial charge on any atom is -0.487 e. The lowest BCUT2D eigenvalue weighted by Crippen LogP contribution is -2.13. The second kappa shape index (κ2) is 13.1. The van der Waals surface area contributed by atoms with Gasteiger partial charge in [0.2, 0.25) is 0 Å². The smallest absolute Gasteiger partial charge is 0.272 e. The van der Waals surface area contributed by atoms with E-state index in [4.69, 9.17) is 15.2 Å². The summed E-state index contributed by atoms with van der Waals surface area (Å²) in [7, 11) is -3.75. The molecule has 0 amide bonds. The molecule has 13 heteroatoms. The minimum atomic E-state index is -3.75. The van der Waals surface area contributed by atoms with Crippen LogP contribution in [0.25, 0.3) is 11.8 Å². The van der Waals surface area contributed by atoms with Crippen molar-refractivity contribution in [3.63, 3.8) is 0 Å². The number of anilines is 1. The first-order valence-corrected chi connectivity index (χ1v) is 15.7. The maximum absolute atomic E-state index is 14.0. The number of allylic oxidation sites excluding steroid dienone is 1. The molecule has 0 fully saturated rings. The molecule has 0 bridgehead atoms. The first-order chi connectivity index (χ1) is 21.5. The van der Waals surface area contributed by atoms with Crippen molar-refractivity contribution in [2.24, 2.45) is 0 Å². The van der Waals surface area contributed by atoms with E-state index in [-0.39, 0.29) is 41.3 Å². The van der Waals surface area contributed by atoms with Crippen LogP contribution in [0.5, 0.6) is 17.2 Å². The lowest BCUT2D eigenvalue weighted by atomic mass is 10.0. The Bertz CT molecular complexity index is 1890. The van der Waals surface area contributed by atoms with Gasteiger partial charge in [0.1, 0.15) is 23.9 Å². The van der Waals surface area contributed by atoms with Crippen LogP contribution < -0.4 is 15.2 Å². The van der Waals surface area contributed by atoms with E-state index in [1.807, 2.05) is 0 Å². The number of benzene rings is 3. The highest BCUT2D eigenvalue weighted by Gasteiger charge is 2.27. The molecule has 0 aliphatic heterocycles. The number of nitrogens with two attached hydrogens (primary N) is 1. The maximum Gasteiger partial charge on any atom is 0.272 e. The van der Waals surface area contributed by atoms with Crippen LogP contribution in [0.2, 0.25) is 0 Å². The van der Waals surface area contributed by atoms with Crippen molar-refractivity contribution in [1.29, 1.82) is 0 Å². The number of ether oxygens (including phenoxy) is 2. The van der Waals surface area contributed by atoms with Gasteiger partial charge in [-0.1, -0.05) is 18.2 Å². The number of nitrogen functional groups attached to an aromatic ring is 1. The topological polar surface area (TPSA) is 114 Å². The van der Waals surface area contributed by atoms with E-state index in [2.05, 4.69) is 5.10 Å². The number of nitrogens with zero attached hydrogens (tertiary/aromatic N) is 2. The normalized spacial score (nSPS) is 12.7. The molecule has 1 aliphatic rings. The number of alkyl halides is 3. The third-order valence-electron chi connectivity index (χ3n) is 7.17. The monoisotopic (exact) mass is 643 g/mol. The van der Waals surface area contributed by atoms with E-state index in [1.165, 1.54) is 35.1 Å². The highest BCUT2D eigenvalue weighted by atomic mass is 32.2. The zero-order chi connectivity index (χ0) is 32.3. The number of ketones is 1. The van der Waals surface area contributed by atoms with Gasteiger partial charge in [0.15, 0.2) is 27.2 Å². The van der Waals surface area contributed by atoms with Crippen LogP contribution in [0.15, 0.2) is 66.4 Å². The summed E-state index contributed by atoms with van der Waals surface area (Å²) in [6.45, 7) is 0.0323. The predicted molar refractivity (Wildman–Crippen MR) is 161 cm³/mol. The van der Waals surface area contributed by atoms with Crippen molar-refractivity contribution in [1.82, 2.24) is 9.78 Å². The van der Waals surface area contributed by atoms with Gasteiger partial charge < -0.3 is 15.2 Å². The van der Waals surface area contributed by atoms with E-state index in [9.17, 15) is 30.8 Å². The molecule has 0 unspecified atom stereocenters. The maximum atomic E-state index is 14.0. The lowest BCUT2D eigenvalue weighted by molar-refractivity contribution is 0.0815. The zero-order valence-electron chi connectivity index (χ0n) is 24.1. The van der Waals surface area contributed by atoms with Crippen LogP contribution in [0.1, 0.15) is 39.0 Å². The summed E-state index contributed by atoms with van der Waals surface area (Å²) in [5.41, 5.74) is 9.36. The highest BCUT2D eigenvalue weighted by molar-refractivity contribution is 7.90. The largest absolute Gasteiger partial charge is 0.487 e. The van der Waals surface area contributed by atoms with Gasteiger partial charge in [-0.3, -0.25) is 9.18 Å². The van der Waals surface area contributed by atoms with Gasteiger partial charge in [-0.2, -0.15) is 5.10 Å². The number of carbonyl (C=O) groups is 1. The molecule has 8 nitrogen and oxygen atoms in total. The quantitative estimate of drug-likeness (QED) is 0.132. The fourth-order valence-electron chi connectivity index (χ4n) is 5.03. The van der Waals surface area contributed by atoms with Crippen LogP contribution in [0.4, 0.5) is 23.4 Å². The average Bonchev–Trinajstić information content (AvgIpc) is 3.58. The first-order valence-electron chi connectivity index (χ1n) is 13.9. The molecule has 0 spiro atoms. The van der Waals surface area contributed by atoms with Crippen LogP contribution in [0, 0.1) is 12.7 Å². The van der Waals surface area contributed by atoms with Crippen LogP contribution in [-0.4, -0.2) is 49.4 Å². The molecule has 1 aliphatic carbocycles. The van der Waals surface area contributed by atoms with Gasteiger partial charge in [-0.15, -0.1) is 0 Å². The molecule has 0 radical (unpaired) electrons. The van der Waals surface area contributed by atoms with E-state index >= 15 is 0 Å². The molecule has 3 aromatic carbocycles. The van der Waals surface area contributed by atoms with E-state index in [0.29, 0.717) is 33.7 Å². The van der Waals surface area contributed by atoms with Crippen LogP contribution >= 0.6 is 0 Å². The Morgan fingerprint density at radius 2 is 1.89 bits per heavy atom. The second-order valence-electron chi connectivity index (χ2n) is 10.5. The Labute approximate surface area is 257 Å². The van der Waals surface area contributed by atoms with Crippen molar-refractivity contribution in [3.8, 4) is 22.9 Å². The first kappa shape index (κ1) is 31.8. The van der Waals surface area contributed by atoms with Crippen molar-refractivity contribution in [3.05, 3.63) is 100 Å². The number of hydrogen-bond donors (Lipinski definition) is 1. The van der Waals surface area contributed by atoms with E-state index < -0.39 is 52.7 Å². The number of carbonyl (C=O) groups excluding carboxylic acids is 1. The van der Waals surface area contributed by atoms with Crippen molar-refractivity contribution >= 4 is 27.5 Å². The van der Waals surface area contributed by atoms with Crippen molar-refractivity contribution < 1.29 is 40.2 Å². The number of Topliss-reactive ketones (excluding diaryl/α,β-unsaturated/α-hetero) is 1. The fourth-order valence-corrected chi connectivity index (χ4v) is 6.43. The molecule has 1 heterocycles. The molecule has 1 aromatic heterocycles. The number of aromatic nitrogens is 2.